The van der Waals surface area contributed by atoms with E-state index >= 15 is 0 Å². The Hall–Kier alpha value is 1.37. The van der Waals surface area contributed by atoms with Gasteiger partial charge in [-0.25, -0.2) is 0 Å². The molecular formula is C10H7Cl5S2. The van der Waals surface area contributed by atoms with Crippen LogP contribution < -0.4 is 0 Å². The molecule has 94 valence electrons. The van der Waals surface area contributed by atoms with Gasteiger partial charge in [-0.2, -0.15) is 0 Å². The Labute approximate surface area is 133 Å². The van der Waals surface area contributed by atoms with Crippen molar-refractivity contribution in [2.24, 2.45) is 0 Å². The molecule has 0 saturated heterocycles. The third-order valence-corrected chi connectivity index (χ3v) is 8.01. The Morgan fingerprint density at radius 1 is 0.765 bits per heavy atom. The molecule has 0 radical (unpaired) electrons. The average Bonchev–Trinajstić information content (AvgIpc) is 2.26. The predicted octanol–water partition coefficient (Wildman–Crippen LogP) is 7.25. The van der Waals surface area contributed by atoms with Gasteiger partial charge in [-0.1, -0.05) is 86.0 Å². The molecule has 0 nitrogen and oxygen atoms in total. The van der Waals surface area contributed by atoms with E-state index in [1.54, 1.807) is 10.8 Å². The summed E-state index contributed by atoms with van der Waals surface area (Å²) in [6.07, 6.45) is 3.77. The van der Waals surface area contributed by atoms with Gasteiger partial charge in [-0.3, -0.25) is 0 Å². The minimum atomic E-state index is 0.210. The van der Waals surface area contributed by atoms with E-state index in [9.17, 15) is 0 Å². The summed E-state index contributed by atoms with van der Waals surface area (Å²) in [5.74, 6) is 0. The molecule has 1 fully saturated rings. The van der Waals surface area contributed by atoms with E-state index < -0.39 is 0 Å². The first kappa shape index (κ1) is 14.8. The van der Waals surface area contributed by atoms with Crippen LogP contribution in [-0.2, 0) is 0 Å². The lowest BCUT2D eigenvalue weighted by molar-refractivity contribution is 0.524. The van der Waals surface area contributed by atoms with Gasteiger partial charge in [0, 0.05) is 5.25 Å². The lowest BCUT2D eigenvalue weighted by atomic mass is 10.0. The summed E-state index contributed by atoms with van der Waals surface area (Å²) in [6, 6.07) is 0. The fourth-order valence-electron chi connectivity index (χ4n) is 1.24. The third kappa shape index (κ3) is 3.10. The Morgan fingerprint density at radius 3 is 1.65 bits per heavy atom. The van der Waals surface area contributed by atoms with Crippen molar-refractivity contribution in [2.45, 2.75) is 29.4 Å². The van der Waals surface area contributed by atoms with E-state index in [0.29, 0.717) is 20.2 Å². The maximum atomic E-state index is 6.13. The van der Waals surface area contributed by atoms with Crippen molar-refractivity contribution >= 4 is 79.6 Å². The molecule has 0 atom stereocenters. The van der Waals surface area contributed by atoms with Gasteiger partial charge in [-0.15, -0.1) is 0 Å². The van der Waals surface area contributed by atoms with E-state index in [4.69, 9.17) is 58.0 Å². The maximum Gasteiger partial charge on any atom is 0.0809 e. The van der Waals surface area contributed by atoms with Gasteiger partial charge >= 0.3 is 0 Å². The van der Waals surface area contributed by atoms with Gasteiger partial charge in [0.2, 0.25) is 0 Å². The first-order valence-electron chi connectivity index (χ1n) is 4.87. The highest BCUT2D eigenvalue weighted by Gasteiger charge is 2.23. The fourth-order valence-corrected chi connectivity index (χ4v) is 5.88. The molecule has 1 aliphatic carbocycles. The molecule has 0 spiro atoms. The molecule has 2 rings (SSSR count). The van der Waals surface area contributed by atoms with E-state index in [1.807, 2.05) is 0 Å². The van der Waals surface area contributed by atoms with Gasteiger partial charge in [0.25, 0.3) is 0 Å². The number of hydrogen-bond acceptors (Lipinski definition) is 2. The first-order valence-corrected chi connectivity index (χ1v) is 8.97. The zero-order chi connectivity index (χ0) is 12.6. The minimum absolute atomic E-state index is 0.210. The Morgan fingerprint density at radius 2 is 1.24 bits per heavy atom. The molecule has 0 unspecified atom stereocenters. The summed E-state index contributed by atoms with van der Waals surface area (Å²) in [7, 11) is 3.28. The lowest BCUT2D eigenvalue weighted by Crippen LogP contribution is -2.11. The molecule has 0 N–H and O–H groups in total. The van der Waals surface area contributed by atoms with Gasteiger partial charge in [-0.05, 0) is 12.8 Å². The van der Waals surface area contributed by atoms with Gasteiger partial charge in [0.15, 0.2) is 0 Å². The third-order valence-electron chi connectivity index (χ3n) is 2.49. The van der Waals surface area contributed by atoms with E-state index in [1.165, 1.54) is 30.1 Å². The van der Waals surface area contributed by atoms with Crippen molar-refractivity contribution in [1.82, 2.24) is 0 Å². The zero-order valence-corrected chi connectivity index (χ0v) is 13.8. The highest BCUT2D eigenvalue weighted by Crippen LogP contribution is 2.52. The second-order valence-electron chi connectivity index (χ2n) is 3.63. The van der Waals surface area contributed by atoms with E-state index in [2.05, 4.69) is 0 Å². The lowest BCUT2D eigenvalue weighted by Gasteiger charge is -2.24. The minimum Gasteiger partial charge on any atom is -0.0854 e. The molecule has 0 heterocycles. The van der Waals surface area contributed by atoms with E-state index in [0.717, 1.165) is 0 Å². The van der Waals surface area contributed by atoms with Crippen molar-refractivity contribution in [3.63, 3.8) is 0 Å². The standard InChI is InChI=1S/C10H7Cl5S2/c11-5-6(12)8(14)10(9(15)7(5)13)17-16-4-2-1-3-4/h4H,1-3H2. The summed E-state index contributed by atoms with van der Waals surface area (Å²) >= 11 is 30.2. The molecule has 1 aliphatic rings. The fraction of sp³-hybridized carbons (Fsp3) is 0.400. The summed E-state index contributed by atoms with van der Waals surface area (Å²) in [6.45, 7) is 0. The van der Waals surface area contributed by atoms with Crippen molar-refractivity contribution in [2.75, 3.05) is 0 Å². The van der Waals surface area contributed by atoms with Crippen LogP contribution in [0.1, 0.15) is 19.3 Å². The number of rotatable bonds is 3. The number of hydrogen-bond donors (Lipinski definition) is 0. The van der Waals surface area contributed by atoms with Crippen LogP contribution in [0, 0.1) is 0 Å². The molecule has 0 aromatic heterocycles. The molecular weight excluding hydrogens is 362 g/mol. The van der Waals surface area contributed by atoms with Crippen LogP contribution in [0.3, 0.4) is 0 Å². The molecule has 1 saturated carbocycles. The Bertz CT molecular complexity index is 416. The van der Waals surface area contributed by atoms with Crippen molar-refractivity contribution in [3.05, 3.63) is 25.1 Å². The first-order chi connectivity index (χ1) is 8.02. The molecule has 17 heavy (non-hydrogen) atoms. The second kappa shape index (κ2) is 6.21. The van der Waals surface area contributed by atoms with Crippen molar-refractivity contribution < 1.29 is 0 Å². The monoisotopic (exact) mass is 366 g/mol. The molecule has 0 amide bonds. The van der Waals surface area contributed by atoms with Crippen LogP contribution in [0.25, 0.3) is 0 Å². The van der Waals surface area contributed by atoms with Crippen LogP contribution >= 0.6 is 79.6 Å². The highest BCUT2D eigenvalue weighted by molar-refractivity contribution is 8.77. The Balaban J connectivity index is 2.25. The van der Waals surface area contributed by atoms with Crippen molar-refractivity contribution in [1.29, 1.82) is 0 Å². The predicted molar refractivity (Wildman–Crippen MR) is 82.6 cm³/mol. The van der Waals surface area contributed by atoms with Crippen LogP contribution in [-0.4, -0.2) is 5.25 Å². The number of benzene rings is 1. The molecule has 1 aromatic carbocycles. The van der Waals surface area contributed by atoms with Crippen LogP contribution in [0.15, 0.2) is 4.90 Å². The smallest absolute Gasteiger partial charge is 0.0809 e. The Kier molecular flexibility index (Phi) is 5.40. The van der Waals surface area contributed by atoms with Crippen LogP contribution in [0.2, 0.25) is 25.1 Å². The largest absolute Gasteiger partial charge is 0.0854 e. The van der Waals surface area contributed by atoms with Gasteiger partial charge < -0.3 is 0 Å². The van der Waals surface area contributed by atoms with Gasteiger partial charge in [0.1, 0.15) is 0 Å². The van der Waals surface area contributed by atoms with Crippen LogP contribution in [0.5, 0.6) is 0 Å². The van der Waals surface area contributed by atoms with Crippen molar-refractivity contribution in [3.8, 4) is 0 Å². The topological polar surface area (TPSA) is 0 Å². The summed E-state index contributed by atoms with van der Waals surface area (Å²) in [4.78, 5) is 0.699. The van der Waals surface area contributed by atoms with Crippen LogP contribution in [0.4, 0.5) is 0 Å². The molecule has 1 aromatic rings. The zero-order valence-electron chi connectivity index (χ0n) is 8.40. The second-order valence-corrected chi connectivity index (χ2v) is 8.03. The quantitative estimate of drug-likeness (QED) is 0.313. The molecule has 0 aliphatic heterocycles. The normalized spacial score (nSPS) is 16.1. The highest BCUT2D eigenvalue weighted by atomic mass is 35.5. The van der Waals surface area contributed by atoms with Gasteiger partial charge in [0.05, 0.1) is 30.0 Å². The maximum absolute atomic E-state index is 6.13. The number of halogens is 5. The molecule has 7 heteroatoms. The molecule has 0 bridgehead atoms. The SMILES string of the molecule is Clc1c(Cl)c(Cl)c(SSC2CCC2)c(Cl)c1Cl. The summed E-state index contributed by atoms with van der Waals surface area (Å²) in [5.41, 5.74) is 0. The van der Waals surface area contributed by atoms with E-state index in [-0.39, 0.29) is 15.1 Å². The average molecular weight is 369 g/mol. The summed E-state index contributed by atoms with van der Waals surface area (Å²) < 4.78 is 0. The summed E-state index contributed by atoms with van der Waals surface area (Å²) in [5, 5.41) is 2.16.